The Morgan fingerprint density at radius 2 is 1.96 bits per heavy atom. The number of rotatable bonds is 4. The van der Waals surface area contributed by atoms with Crippen LogP contribution in [0.4, 0.5) is 5.69 Å². The van der Waals surface area contributed by atoms with Gasteiger partial charge in [0.05, 0.1) is 21.4 Å². The zero-order chi connectivity index (χ0) is 17.8. The first-order chi connectivity index (χ1) is 12.0. The Hall–Kier alpha value is -2.70. The van der Waals surface area contributed by atoms with Crippen molar-refractivity contribution in [3.63, 3.8) is 0 Å². The molecule has 3 aromatic rings. The minimum absolute atomic E-state index is 0.238. The minimum atomic E-state index is -0.442. The quantitative estimate of drug-likeness (QED) is 0.760. The van der Waals surface area contributed by atoms with Crippen LogP contribution in [0.25, 0.3) is 11.3 Å². The van der Waals surface area contributed by atoms with Crippen molar-refractivity contribution in [2.45, 2.75) is 6.54 Å². The molecule has 2 heterocycles. The van der Waals surface area contributed by atoms with Crippen LogP contribution in [0.15, 0.2) is 59.7 Å². The molecule has 6 nitrogen and oxygen atoms in total. The highest BCUT2D eigenvalue weighted by atomic mass is 35.5. The first-order valence-electron chi connectivity index (χ1n) is 7.27. The van der Waals surface area contributed by atoms with E-state index in [4.69, 9.17) is 23.2 Å². The summed E-state index contributed by atoms with van der Waals surface area (Å²) in [5.74, 6) is -0.442. The zero-order valence-corrected chi connectivity index (χ0v) is 14.3. The Kier molecular flexibility index (Phi) is 5.11. The first-order valence-corrected chi connectivity index (χ1v) is 8.02. The van der Waals surface area contributed by atoms with Gasteiger partial charge in [-0.3, -0.25) is 14.6 Å². The molecule has 1 amide bonds. The van der Waals surface area contributed by atoms with Gasteiger partial charge in [-0.2, -0.15) is 5.10 Å². The van der Waals surface area contributed by atoms with E-state index >= 15 is 0 Å². The predicted octanol–water partition coefficient (Wildman–Crippen LogP) is 3.25. The van der Waals surface area contributed by atoms with Crippen molar-refractivity contribution in [2.24, 2.45) is 0 Å². The number of nitrogens with one attached hydrogen (secondary N) is 1. The van der Waals surface area contributed by atoms with Crippen LogP contribution < -0.4 is 10.9 Å². The molecule has 0 aliphatic carbocycles. The maximum atomic E-state index is 12.2. The monoisotopic (exact) mass is 374 g/mol. The van der Waals surface area contributed by atoms with Gasteiger partial charge in [-0.1, -0.05) is 29.3 Å². The molecule has 0 bridgehead atoms. The summed E-state index contributed by atoms with van der Waals surface area (Å²) < 4.78 is 1.08. The van der Waals surface area contributed by atoms with Crippen LogP contribution in [0.1, 0.15) is 0 Å². The summed E-state index contributed by atoms with van der Waals surface area (Å²) in [5, 5.41) is 7.39. The molecule has 0 atom stereocenters. The van der Waals surface area contributed by atoms with Gasteiger partial charge in [0, 0.05) is 24.0 Å². The fourth-order valence-electron chi connectivity index (χ4n) is 2.16. The summed E-state index contributed by atoms with van der Waals surface area (Å²) >= 11 is 12.0. The van der Waals surface area contributed by atoms with Gasteiger partial charge < -0.3 is 5.32 Å². The van der Waals surface area contributed by atoms with E-state index in [2.05, 4.69) is 15.4 Å². The Balaban J connectivity index is 1.81. The third kappa shape index (κ3) is 4.04. The molecular weight excluding hydrogens is 363 g/mol. The van der Waals surface area contributed by atoms with Crippen LogP contribution in [-0.2, 0) is 11.3 Å². The molecule has 1 N–H and O–H groups in total. The van der Waals surface area contributed by atoms with E-state index in [1.807, 2.05) is 6.07 Å². The van der Waals surface area contributed by atoms with E-state index in [9.17, 15) is 9.59 Å². The van der Waals surface area contributed by atoms with Crippen molar-refractivity contribution < 1.29 is 4.79 Å². The van der Waals surface area contributed by atoms with Crippen molar-refractivity contribution in [3.05, 3.63) is 75.3 Å². The number of amides is 1. The maximum Gasteiger partial charge on any atom is 0.267 e. The number of nitrogens with zero attached hydrogens (tertiary/aromatic N) is 3. The summed E-state index contributed by atoms with van der Waals surface area (Å²) in [6, 6.07) is 11.4. The molecule has 3 rings (SSSR count). The molecular formula is C17H12Cl2N4O2. The summed E-state index contributed by atoms with van der Waals surface area (Å²) in [7, 11) is 0. The molecule has 0 fully saturated rings. The van der Waals surface area contributed by atoms with E-state index in [1.165, 1.54) is 6.07 Å². The van der Waals surface area contributed by atoms with E-state index in [-0.39, 0.29) is 17.1 Å². The first kappa shape index (κ1) is 17.1. The normalized spacial score (nSPS) is 10.5. The van der Waals surface area contributed by atoms with Gasteiger partial charge in [0.25, 0.3) is 5.56 Å². The standard InChI is InChI=1S/C17H12Cl2N4O2/c18-12-4-1-5-14(17(12)19)21-15(24)10-23-16(25)7-6-13(22-23)11-3-2-8-20-9-11/h1-9H,10H2,(H,21,24). The largest absolute Gasteiger partial charge is 0.323 e. The second-order valence-electron chi connectivity index (χ2n) is 5.11. The molecule has 0 radical (unpaired) electrons. The van der Waals surface area contributed by atoms with Gasteiger partial charge in [-0.05, 0) is 30.3 Å². The van der Waals surface area contributed by atoms with Gasteiger partial charge in [0.15, 0.2) is 0 Å². The molecule has 126 valence electrons. The van der Waals surface area contributed by atoms with Crippen LogP contribution in [0.3, 0.4) is 0 Å². The smallest absolute Gasteiger partial charge is 0.267 e. The fourth-order valence-corrected chi connectivity index (χ4v) is 2.50. The van der Waals surface area contributed by atoms with Crippen LogP contribution in [0.2, 0.25) is 10.0 Å². The highest BCUT2D eigenvalue weighted by molar-refractivity contribution is 6.43. The molecule has 1 aromatic carbocycles. The molecule has 0 spiro atoms. The lowest BCUT2D eigenvalue weighted by atomic mass is 10.2. The number of pyridine rings is 1. The molecule has 2 aromatic heterocycles. The van der Waals surface area contributed by atoms with Crippen LogP contribution >= 0.6 is 23.2 Å². The maximum absolute atomic E-state index is 12.2. The van der Waals surface area contributed by atoms with Crippen molar-refractivity contribution in [1.29, 1.82) is 0 Å². The molecule has 0 saturated carbocycles. The fraction of sp³-hybridized carbons (Fsp3) is 0.0588. The number of anilines is 1. The van der Waals surface area contributed by atoms with Gasteiger partial charge in [0.2, 0.25) is 5.91 Å². The van der Waals surface area contributed by atoms with Crippen LogP contribution in [-0.4, -0.2) is 20.7 Å². The van der Waals surface area contributed by atoms with Gasteiger partial charge >= 0.3 is 0 Å². The second-order valence-corrected chi connectivity index (χ2v) is 5.89. The van der Waals surface area contributed by atoms with Gasteiger partial charge in [0.1, 0.15) is 6.54 Å². The SMILES string of the molecule is O=C(Cn1nc(-c2cccnc2)ccc1=O)Nc1cccc(Cl)c1Cl. The van der Waals surface area contributed by atoms with E-state index in [0.717, 1.165) is 10.2 Å². The van der Waals surface area contributed by atoms with E-state index < -0.39 is 5.91 Å². The summed E-state index contributed by atoms with van der Waals surface area (Å²) in [5.41, 5.74) is 1.27. The number of aromatic nitrogens is 3. The number of hydrogen-bond donors (Lipinski definition) is 1. The number of carbonyl (C=O) groups is 1. The lowest BCUT2D eigenvalue weighted by Crippen LogP contribution is -2.29. The zero-order valence-electron chi connectivity index (χ0n) is 12.8. The Morgan fingerprint density at radius 3 is 2.72 bits per heavy atom. The van der Waals surface area contributed by atoms with Crippen molar-refractivity contribution in [2.75, 3.05) is 5.32 Å². The Labute approximate surface area is 153 Å². The topological polar surface area (TPSA) is 76.9 Å². The van der Waals surface area contributed by atoms with Crippen LogP contribution in [0.5, 0.6) is 0 Å². The summed E-state index contributed by atoms with van der Waals surface area (Å²) in [6.07, 6.45) is 3.27. The molecule has 25 heavy (non-hydrogen) atoms. The summed E-state index contributed by atoms with van der Waals surface area (Å²) in [4.78, 5) is 28.2. The Morgan fingerprint density at radius 1 is 1.12 bits per heavy atom. The average molecular weight is 375 g/mol. The second kappa shape index (κ2) is 7.46. The molecule has 0 saturated heterocycles. The predicted molar refractivity (Wildman–Crippen MR) is 96.8 cm³/mol. The lowest BCUT2D eigenvalue weighted by molar-refractivity contribution is -0.117. The number of halogens is 2. The van der Waals surface area contributed by atoms with Crippen molar-refractivity contribution in [1.82, 2.24) is 14.8 Å². The number of benzene rings is 1. The highest BCUT2D eigenvalue weighted by Crippen LogP contribution is 2.29. The van der Waals surface area contributed by atoms with E-state index in [0.29, 0.717) is 16.4 Å². The number of hydrogen-bond acceptors (Lipinski definition) is 4. The van der Waals surface area contributed by atoms with Crippen molar-refractivity contribution in [3.8, 4) is 11.3 Å². The van der Waals surface area contributed by atoms with E-state index in [1.54, 1.807) is 42.7 Å². The summed E-state index contributed by atoms with van der Waals surface area (Å²) in [6.45, 7) is -0.254. The van der Waals surface area contributed by atoms with Crippen LogP contribution in [0, 0.1) is 0 Å². The molecule has 0 unspecified atom stereocenters. The van der Waals surface area contributed by atoms with Gasteiger partial charge in [-0.25, -0.2) is 4.68 Å². The Bertz CT molecular complexity index is 974. The molecule has 0 aliphatic rings. The van der Waals surface area contributed by atoms with Gasteiger partial charge in [-0.15, -0.1) is 0 Å². The third-order valence-electron chi connectivity index (χ3n) is 3.34. The highest BCUT2D eigenvalue weighted by Gasteiger charge is 2.11. The average Bonchev–Trinajstić information content (AvgIpc) is 2.61. The lowest BCUT2D eigenvalue weighted by Gasteiger charge is -2.10. The third-order valence-corrected chi connectivity index (χ3v) is 4.16. The van der Waals surface area contributed by atoms with Crippen molar-refractivity contribution >= 4 is 34.8 Å². The number of carbonyl (C=O) groups excluding carboxylic acids is 1. The molecule has 0 aliphatic heterocycles. The minimum Gasteiger partial charge on any atom is -0.323 e. The molecule has 8 heteroatoms.